The molecule has 9 heteroatoms. The molecule has 2 aromatic rings. The Morgan fingerprint density at radius 2 is 1.77 bits per heavy atom. The van der Waals surface area contributed by atoms with Crippen molar-refractivity contribution >= 4 is 34.6 Å². The van der Waals surface area contributed by atoms with E-state index in [0.717, 1.165) is 5.75 Å². The van der Waals surface area contributed by atoms with E-state index in [1.54, 1.807) is 6.07 Å². The molecule has 31 heavy (non-hydrogen) atoms. The highest BCUT2D eigenvalue weighted by molar-refractivity contribution is 7.80. The zero-order chi connectivity index (χ0) is 23.0. The number of hydrogen-bond acceptors (Lipinski definition) is 6. The lowest BCUT2D eigenvalue weighted by atomic mass is 9.87. The number of amides is 1. The predicted molar refractivity (Wildman–Crippen MR) is 124 cm³/mol. The summed E-state index contributed by atoms with van der Waals surface area (Å²) in [5.41, 5.74) is 1.26. The van der Waals surface area contributed by atoms with Crippen LogP contribution in [0.3, 0.4) is 0 Å². The number of carbonyl (C=O) groups is 1. The Morgan fingerprint density at radius 1 is 1.13 bits per heavy atom. The standard InChI is InChI=1S/C22H27N3O5S/c1-22(2,3)15-7-9-16(10-8-15)30-13-5-6-20(26)24-21(31)23-18-12-11-17(29-4)14-19(18)25(27)28/h7-12,14H,5-6,13H2,1-4H3,(H2,23,24,26,31). The van der Waals surface area contributed by atoms with Crippen LogP contribution in [0.2, 0.25) is 0 Å². The number of ether oxygens (including phenoxy) is 2. The van der Waals surface area contributed by atoms with Crippen LogP contribution in [-0.2, 0) is 10.2 Å². The SMILES string of the molecule is COc1ccc(NC(=S)NC(=O)CCCOc2ccc(C(C)(C)C)cc2)c([N+](=O)[O-])c1. The van der Waals surface area contributed by atoms with Crippen molar-refractivity contribution < 1.29 is 19.2 Å². The van der Waals surface area contributed by atoms with E-state index < -0.39 is 4.92 Å². The zero-order valence-electron chi connectivity index (χ0n) is 18.1. The lowest BCUT2D eigenvalue weighted by Crippen LogP contribution is -2.34. The molecule has 2 aromatic carbocycles. The highest BCUT2D eigenvalue weighted by atomic mass is 32.1. The summed E-state index contributed by atoms with van der Waals surface area (Å²) < 4.78 is 10.7. The van der Waals surface area contributed by atoms with Crippen LogP contribution in [-0.4, -0.2) is 29.7 Å². The van der Waals surface area contributed by atoms with Crippen LogP contribution < -0.4 is 20.1 Å². The molecule has 0 fully saturated rings. The Bertz CT molecular complexity index is 939. The first-order valence-corrected chi connectivity index (χ1v) is 10.2. The van der Waals surface area contributed by atoms with Gasteiger partial charge in [0, 0.05) is 6.42 Å². The average molecular weight is 446 g/mol. The van der Waals surface area contributed by atoms with E-state index in [2.05, 4.69) is 31.4 Å². The number of rotatable bonds is 8. The van der Waals surface area contributed by atoms with Crippen molar-refractivity contribution in [3.63, 3.8) is 0 Å². The van der Waals surface area contributed by atoms with Crippen molar-refractivity contribution in [1.82, 2.24) is 5.32 Å². The quantitative estimate of drug-likeness (QED) is 0.265. The third kappa shape index (κ3) is 7.53. The molecule has 0 saturated carbocycles. The summed E-state index contributed by atoms with van der Waals surface area (Å²) in [6.45, 7) is 6.82. The lowest BCUT2D eigenvalue weighted by Gasteiger charge is -2.19. The number of carbonyl (C=O) groups excluding carboxylic acids is 1. The number of nitro benzene ring substituents is 1. The third-order valence-electron chi connectivity index (χ3n) is 4.44. The van der Waals surface area contributed by atoms with Crippen LogP contribution >= 0.6 is 12.2 Å². The molecule has 0 aromatic heterocycles. The fourth-order valence-corrected chi connectivity index (χ4v) is 2.94. The molecular weight excluding hydrogens is 418 g/mol. The van der Waals surface area contributed by atoms with E-state index in [1.165, 1.54) is 24.8 Å². The van der Waals surface area contributed by atoms with Gasteiger partial charge in [-0.15, -0.1) is 0 Å². The van der Waals surface area contributed by atoms with Crippen molar-refractivity contribution in [2.45, 2.75) is 39.0 Å². The molecule has 0 aliphatic heterocycles. The normalized spacial score (nSPS) is 10.8. The Balaban J connectivity index is 1.78. The summed E-state index contributed by atoms with van der Waals surface area (Å²) in [5.74, 6) is 0.790. The van der Waals surface area contributed by atoms with E-state index in [-0.39, 0.29) is 34.2 Å². The van der Waals surface area contributed by atoms with Gasteiger partial charge in [-0.3, -0.25) is 14.9 Å². The molecule has 0 atom stereocenters. The minimum absolute atomic E-state index is 0.0167. The summed E-state index contributed by atoms with van der Waals surface area (Å²) in [7, 11) is 1.42. The molecule has 2 N–H and O–H groups in total. The Kier molecular flexibility index (Phi) is 8.32. The number of anilines is 1. The second kappa shape index (κ2) is 10.7. The molecule has 0 aliphatic carbocycles. The minimum Gasteiger partial charge on any atom is -0.496 e. The van der Waals surface area contributed by atoms with Gasteiger partial charge in [-0.05, 0) is 53.9 Å². The molecule has 2 rings (SSSR count). The van der Waals surface area contributed by atoms with E-state index >= 15 is 0 Å². The number of benzene rings is 2. The fraction of sp³-hybridized carbons (Fsp3) is 0.364. The second-order valence-corrected chi connectivity index (χ2v) is 8.28. The first-order chi connectivity index (χ1) is 14.6. The van der Waals surface area contributed by atoms with Gasteiger partial charge in [-0.1, -0.05) is 32.9 Å². The van der Waals surface area contributed by atoms with E-state index in [1.807, 2.05) is 24.3 Å². The highest BCUT2D eigenvalue weighted by Gasteiger charge is 2.17. The molecule has 1 amide bonds. The van der Waals surface area contributed by atoms with Gasteiger partial charge < -0.3 is 20.1 Å². The van der Waals surface area contributed by atoms with Gasteiger partial charge in [-0.2, -0.15) is 0 Å². The van der Waals surface area contributed by atoms with Crippen molar-refractivity contribution in [2.75, 3.05) is 19.0 Å². The first-order valence-electron chi connectivity index (χ1n) is 9.77. The average Bonchev–Trinajstić information content (AvgIpc) is 2.71. The number of methoxy groups -OCH3 is 1. The molecule has 0 saturated heterocycles. The van der Waals surface area contributed by atoms with Crippen LogP contribution in [0, 0.1) is 10.1 Å². The molecule has 166 valence electrons. The minimum atomic E-state index is -0.555. The summed E-state index contributed by atoms with van der Waals surface area (Å²) in [5, 5.41) is 16.4. The van der Waals surface area contributed by atoms with Gasteiger partial charge >= 0.3 is 0 Å². The number of hydrogen-bond donors (Lipinski definition) is 2. The third-order valence-corrected chi connectivity index (χ3v) is 4.64. The van der Waals surface area contributed by atoms with Crippen molar-refractivity contribution in [2.24, 2.45) is 0 Å². The topological polar surface area (TPSA) is 103 Å². The maximum Gasteiger partial charge on any atom is 0.296 e. The van der Waals surface area contributed by atoms with Gasteiger partial charge in [0.15, 0.2) is 5.11 Å². The lowest BCUT2D eigenvalue weighted by molar-refractivity contribution is -0.384. The predicted octanol–water partition coefficient (Wildman–Crippen LogP) is 4.57. The van der Waals surface area contributed by atoms with Crippen LogP contribution in [0.15, 0.2) is 42.5 Å². The van der Waals surface area contributed by atoms with E-state index in [4.69, 9.17) is 21.7 Å². The summed E-state index contributed by atoms with van der Waals surface area (Å²) in [6, 6.07) is 12.2. The van der Waals surface area contributed by atoms with Gasteiger partial charge in [-0.25, -0.2) is 0 Å². The molecule has 8 nitrogen and oxygen atoms in total. The number of nitrogens with zero attached hydrogens (tertiary/aromatic N) is 1. The monoisotopic (exact) mass is 445 g/mol. The summed E-state index contributed by atoms with van der Waals surface area (Å²) in [4.78, 5) is 22.7. The van der Waals surface area contributed by atoms with Gasteiger partial charge in [0.05, 0.1) is 24.7 Å². The maximum absolute atomic E-state index is 12.1. The van der Waals surface area contributed by atoms with Crippen molar-refractivity contribution in [3.8, 4) is 11.5 Å². The highest BCUT2D eigenvalue weighted by Crippen LogP contribution is 2.29. The molecule has 0 aliphatic rings. The Morgan fingerprint density at radius 3 is 2.35 bits per heavy atom. The van der Waals surface area contributed by atoms with E-state index in [9.17, 15) is 14.9 Å². The van der Waals surface area contributed by atoms with Crippen LogP contribution in [0.1, 0.15) is 39.2 Å². The molecular formula is C22H27N3O5S. The van der Waals surface area contributed by atoms with Gasteiger partial charge in [0.25, 0.3) is 5.69 Å². The molecule has 0 heterocycles. The van der Waals surface area contributed by atoms with Gasteiger partial charge in [0.1, 0.15) is 17.2 Å². The van der Waals surface area contributed by atoms with Crippen LogP contribution in [0.4, 0.5) is 11.4 Å². The first kappa shape index (κ1) is 24.1. The summed E-state index contributed by atoms with van der Waals surface area (Å²) >= 11 is 5.09. The van der Waals surface area contributed by atoms with Crippen LogP contribution in [0.25, 0.3) is 0 Å². The summed E-state index contributed by atoms with van der Waals surface area (Å²) in [6.07, 6.45) is 0.699. The Hall–Kier alpha value is -3.20. The van der Waals surface area contributed by atoms with Crippen molar-refractivity contribution in [3.05, 3.63) is 58.1 Å². The number of nitro groups is 1. The van der Waals surface area contributed by atoms with Crippen LogP contribution in [0.5, 0.6) is 11.5 Å². The maximum atomic E-state index is 12.1. The fourth-order valence-electron chi connectivity index (χ4n) is 2.71. The zero-order valence-corrected chi connectivity index (χ0v) is 18.9. The smallest absolute Gasteiger partial charge is 0.296 e. The number of nitrogens with one attached hydrogen (secondary N) is 2. The van der Waals surface area contributed by atoms with E-state index in [0.29, 0.717) is 18.8 Å². The molecule has 0 spiro atoms. The Labute approximate surface area is 187 Å². The second-order valence-electron chi connectivity index (χ2n) is 7.87. The van der Waals surface area contributed by atoms with Gasteiger partial charge in [0.2, 0.25) is 5.91 Å². The van der Waals surface area contributed by atoms with Crippen molar-refractivity contribution in [1.29, 1.82) is 0 Å². The molecule has 0 radical (unpaired) electrons. The molecule has 0 bridgehead atoms. The number of thiocarbonyl (C=S) groups is 1. The molecule has 0 unspecified atom stereocenters. The largest absolute Gasteiger partial charge is 0.496 e.